The van der Waals surface area contributed by atoms with Crippen LogP contribution >= 0.6 is 0 Å². The van der Waals surface area contributed by atoms with Crippen LogP contribution in [0.5, 0.6) is 5.75 Å². The van der Waals surface area contributed by atoms with Gasteiger partial charge in [-0.1, -0.05) is 24.3 Å². The third-order valence-corrected chi connectivity index (χ3v) is 4.72. The molecule has 0 heterocycles. The Morgan fingerprint density at radius 1 is 1.11 bits per heavy atom. The number of hydrogen-bond acceptors (Lipinski definition) is 4. The van der Waals surface area contributed by atoms with E-state index in [2.05, 4.69) is 15.6 Å². The van der Waals surface area contributed by atoms with Crippen molar-refractivity contribution >= 4 is 15.8 Å². The number of sulfone groups is 1. The van der Waals surface area contributed by atoms with Gasteiger partial charge in [-0.25, -0.2) is 12.8 Å². The molecule has 0 aromatic heterocycles. The number of nitrogens with zero attached hydrogens (tertiary/aromatic N) is 1. The molecule has 0 amide bonds. The van der Waals surface area contributed by atoms with Crippen LogP contribution in [0.2, 0.25) is 0 Å². The third kappa shape index (κ3) is 7.96. The van der Waals surface area contributed by atoms with Crippen LogP contribution in [-0.4, -0.2) is 40.8 Å². The van der Waals surface area contributed by atoms with Crippen LogP contribution < -0.4 is 15.4 Å². The number of para-hydroxylation sites is 1. The second kappa shape index (κ2) is 10.7. The standard InChI is InChI=1S/C20H26FN3O3S/c1-22-20(23-11-6-12-27-19-7-4-3-5-8-19)24-14-17-13-18(21)10-9-16(17)15-28(2,25)26/h3-5,7-10,13H,6,11-12,14-15H2,1-2H3,(H2,22,23,24). The largest absolute Gasteiger partial charge is 0.494 e. The molecule has 0 aliphatic rings. The maximum Gasteiger partial charge on any atom is 0.191 e. The molecule has 0 saturated carbocycles. The molecule has 0 bridgehead atoms. The number of rotatable bonds is 9. The molecule has 0 unspecified atom stereocenters. The van der Waals surface area contributed by atoms with Crippen molar-refractivity contribution in [1.82, 2.24) is 10.6 Å². The van der Waals surface area contributed by atoms with Gasteiger partial charge in [0.2, 0.25) is 0 Å². The van der Waals surface area contributed by atoms with Crippen molar-refractivity contribution in [3.05, 3.63) is 65.5 Å². The number of benzene rings is 2. The summed E-state index contributed by atoms with van der Waals surface area (Å²) in [5, 5.41) is 6.24. The molecule has 0 atom stereocenters. The van der Waals surface area contributed by atoms with E-state index in [-0.39, 0.29) is 12.3 Å². The number of nitrogens with one attached hydrogen (secondary N) is 2. The lowest BCUT2D eigenvalue weighted by molar-refractivity contribution is 0.311. The van der Waals surface area contributed by atoms with Gasteiger partial charge >= 0.3 is 0 Å². The minimum Gasteiger partial charge on any atom is -0.494 e. The van der Waals surface area contributed by atoms with Crippen LogP contribution in [0.25, 0.3) is 0 Å². The average Bonchev–Trinajstić information content (AvgIpc) is 2.65. The fourth-order valence-electron chi connectivity index (χ4n) is 2.57. The summed E-state index contributed by atoms with van der Waals surface area (Å²) in [5.41, 5.74) is 1.16. The zero-order valence-electron chi connectivity index (χ0n) is 16.1. The summed E-state index contributed by atoms with van der Waals surface area (Å²) < 4.78 is 42.4. The molecule has 152 valence electrons. The second-order valence-corrected chi connectivity index (χ2v) is 8.49. The predicted octanol–water partition coefficient (Wildman–Crippen LogP) is 2.50. The van der Waals surface area contributed by atoms with E-state index >= 15 is 0 Å². The van der Waals surface area contributed by atoms with Gasteiger partial charge in [0.1, 0.15) is 11.6 Å². The Hall–Kier alpha value is -2.61. The van der Waals surface area contributed by atoms with E-state index in [1.54, 1.807) is 7.05 Å². The molecule has 2 aromatic rings. The lowest BCUT2D eigenvalue weighted by Gasteiger charge is -2.14. The highest BCUT2D eigenvalue weighted by atomic mass is 32.2. The van der Waals surface area contributed by atoms with E-state index in [4.69, 9.17) is 4.74 Å². The normalized spacial score (nSPS) is 11.9. The summed E-state index contributed by atoms with van der Waals surface area (Å²) in [7, 11) is -1.57. The van der Waals surface area contributed by atoms with Gasteiger partial charge in [0.15, 0.2) is 15.8 Å². The van der Waals surface area contributed by atoms with Crippen molar-refractivity contribution in [1.29, 1.82) is 0 Å². The monoisotopic (exact) mass is 407 g/mol. The number of guanidine groups is 1. The maximum absolute atomic E-state index is 13.6. The highest BCUT2D eigenvalue weighted by Crippen LogP contribution is 2.14. The Kier molecular flexibility index (Phi) is 8.25. The molecule has 2 aromatic carbocycles. The lowest BCUT2D eigenvalue weighted by atomic mass is 10.1. The molecule has 0 saturated heterocycles. The lowest BCUT2D eigenvalue weighted by Crippen LogP contribution is -2.37. The van der Waals surface area contributed by atoms with Gasteiger partial charge in [-0.05, 0) is 41.8 Å². The topological polar surface area (TPSA) is 79.8 Å². The van der Waals surface area contributed by atoms with Crippen molar-refractivity contribution in [3.63, 3.8) is 0 Å². The zero-order valence-corrected chi connectivity index (χ0v) is 16.9. The summed E-state index contributed by atoms with van der Waals surface area (Å²) in [5.74, 6) is 0.839. The van der Waals surface area contributed by atoms with Crippen molar-refractivity contribution < 1.29 is 17.5 Å². The summed E-state index contributed by atoms with van der Waals surface area (Å²) >= 11 is 0. The van der Waals surface area contributed by atoms with Crippen molar-refractivity contribution in [2.75, 3.05) is 26.5 Å². The number of ether oxygens (including phenoxy) is 1. The average molecular weight is 408 g/mol. The molecular formula is C20H26FN3O3S. The summed E-state index contributed by atoms with van der Waals surface area (Å²) in [6.45, 7) is 1.48. The van der Waals surface area contributed by atoms with Crippen LogP contribution in [0.15, 0.2) is 53.5 Å². The number of aliphatic imine (C=N–C) groups is 1. The SMILES string of the molecule is CN=C(NCCCOc1ccccc1)NCc1cc(F)ccc1CS(C)(=O)=O. The first-order valence-electron chi connectivity index (χ1n) is 8.95. The number of halogens is 1. The molecule has 0 radical (unpaired) electrons. The molecular weight excluding hydrogens is 381 g/mol. The van der Waals surface area contributed by atoms with Crippen LogP contribution in [0.3, 0.4) is 0 Å². The van der Waals surface area contributed by atoms with Crippen LogP contribution in [0.4, 0.5) is 4.39 Å². The molecule has 2 rings (SSSR count). The second-order valence-electron chi connectivity index (χ2n) is 6.35. The quantitative estimate of drug-likeness (QED) is 0.379. The van der Waals surface area contributed by atoms with Gasteiger partial charge in [-0.3, -0.25) is 4.99 Å². The first-order valence-corrected chi connectivity index (χ1v) is 11.0. The van der Waals surface area contributed by atoms with E-state index in [0.29, 0.717) is 30.2 Å². The van der Waals surface area contributed by atoms with Gasteiger partial charge in [-0.2, -0.15) is 0 Å². The van der Waals surface area contributed by atoms with Crippen LogP contribution in [0, 0.1) is 5.82 Å². The molecule has 6 nitrogen and oxygen atoms in total. The summed E-state index contributed by atoms with van der Waals surface area (Å²) in [4.78, 5) is 4.13. The first kappa shape index (κ1) is 21.7. The Morgan fingerprint density at radius 3 is 2.54 bits per heavy atom. The molecule has 0 spiro atoms. The van der Waals surface area contributed by atoms with Crippen molar-refractivity contribution in [3.8, 4) is 5.75 Å². The Labute approximate surface area is 165 Å². The van der Waals surface area contributed by atoms with E-state index in [0.717, 1.165) is 18.4 Å². The van der Waals surface area contributed by atoms with E-state index in [9.17, 15) is 12.8 Å². The van der Waals surface area contributed by atoms with Gasteiger partial charge in [0, 0.05) is 26.4 Å². The van der Waals surface area contributed by atoms with Crippen molar-refractivity contribution in [2.24, 2.45) is 4.99 Å². The Morgan fingerprint density at radius 2 is 1.86 bits per heavy atom. The van der Waals surface area contributed by atoms with Crippen LogP contribution in [0.1, 0.15) is 17.5 Å². The van der Waals surface area contributed by atoms with Gasteiger partial charge in [0.25, 0.3) is 0 Å². The zero-order chi connectivity index (χ0) is 20.4. The fourth-order valence-corrected chi connectivity index (χ4v) is 3.41. The third-order valence-electron chi connectivity index (χ3n) is 3.88. The Balaban J connectivity index is 1.81. The van der Waals surface area contributed by atoms with Crippen molar-refractivity contribution in [2.45, 2.75) is 18.7 Å². The van der Waals surface area contributed by atoms with Crippen LogP contribution in [-0.2, 0) is 22.1 Å². The summed E-state index contributed by atoms with van der Waals surface area (Å²) in [6, 6.07) is 13.7. The Bertz CT molecular complexity index is 887. The highest BCUT2D eigenvalue weighted by Gasteiger charge is 2.11. The minimum absolute atomic E-state index is 0.132. The minimum atomic E-state index is -3.21. The van der Waals surface area contributed by atoms with Gasteiger partial charge < -0.3 is 15.4 Å². The predicted molar refractivity (Wildman–Crippen MR) is 110 cm³/mol. The van der Waals surface area contributed by atoms with Gasteiger partial charge in [0.05, 0.1) is 12.4 Å². The molecule has 2 N–H and O–H groups in total. The molecule has 0 aliphatic carbocycles. The molecule has 0 fully saturated rings. The molecule has 0 aliphatic heterocycles. The fraction of sp³-hybridized carbons (Fsp3) is 0.350. The van der Waals surface area contributed by atoms with E-state index in [1.807, 2.05) is 30.3 Å². The van der Waals surface area contributed by atoms with E-state index < -0.39 is 15.7 Å². The number of hydrogen-bond donors (Lipinski definition) is 2. The van der Waals surface area contributed by atoms with E-state index in [1.165, 1.54) is 18.2 Å². The molecule has 8 heteroatoms. The maximum atomic E-state index is 13.6. The van der Waals surface area contributed by atoms with Gasteiger partial charge in [-0.15, -0.1) is 0 Å². The summed E-state index contributed by atoms with van der Waals surface area (Å²) in [6.07, 6.45) is 1.93. The molecule has 28 heavy (non-hydrogen) atoms. The first-order chi connectivity index (χ1) is 13.4. The smallest absolute Gasteiger partial charge is 0.191 e. The highest BCUT2D eigenvalue weighted by molar-refractivity contribution is 7.89.